The van der Waals surface area contributed by atoms with Crippen LogP contribution in [0.25, 0.3) is 22.3 Å². The van der Waals surface area contributed by atoms with Crippen molar-refractivity contribution < 1.29 is 36.2 Å². The fourth-order valence-electron chi connectivity index (χ4n) is 4.56. The van der Waals surface area contributed by atoms with Gasteiger partial charge in [0.15, 0.2) is 0 Å². The molecule has 41 heavy (non-hydrogen) atoms. The van der Waals surface area contributed by atoms with Crippen molar-refractivity contribution >= 4 is 38.2 Å². The molecule has 2 aliphatic rings. The van der Waals surface area contributed by atoms with E-state index in [-0.39, 0.29) is 47.2 Å². The summed E-state index contributed by atoms with van der Waals surface area (Å²) in [7, 11) is -4.40. The van der Waals surface area contributed by atoms with Crippen LogP contribution in [-0.2, 0) is 27.7 Å². The second-order valence-corrected chi connectivity index (χ2v) is 12.2. The molecule has 9 nitrogen and oxygen atoms in total. The summed E-state index contributed by atoms with van der Waals surface area (Å²) in [4.78, 5) is 25.6. The van der Waals surface area contributed by atoms with E-state index in [9.17, 15) is 31.5 Å². The number of alkyl halides is 3. The second kappa shape index (κ2) is 9.93. The summed E-state index contributed by atoms with van der Waals surface area (Å²) in [5.41, 5.74) is -0.750. The van der Waals surface area contributed by atoms with Gasteiger partial charge >= 0.3 is 0 Å². The molecule has 2 N–H and O–H groups in total. The number of halogens is 4. The van der Waals surface area contributed by atoms with Crippen LogP contribution in [-0.4, -0.2) is 52.4 Å². The summed E-state index contributed by atoms with van der Waals surface area (Å²) in [6, 6.07) is 10.2. The van der Waals surface area contributed by atoms with Crippen molar-refractivity contribution in [3.63, 3.8) is 0 Å². The number of hydrogen-bond acceptors (Lipinski definition) is 8. The average molecular weight is 605 g/mol. The number of carbonyl (C=O) groups is 1. The number of amides is 1. The zero-order chi connectivity index (χ0) is 29.1. The first kappa shape index (κ1) is 27.4. The van der Waals surface area contributed by atoms with Crippen molar-refractivity contribution in [1.82, 2.24) is 20.3 Å². The Balaban J connectivity index is 1.23. The minimum atomic E-state index is -4.40. The fourth-order valence-corrected chi connectivity index (χ4v) is 6.25. The highest BCUT2D eigenvalue weighted by molar-refractivity contribution is 7.92. The number of sulfone groups is 1. The van der Waals surface area contributed by atoms with Crippen molar-refractivity contribution in [2.75, 3.05) is 6.61 Å². The smallest absolute Gasteiger partial charge is 0.257 e. The van der Waals surface area contributed by atoms with Crippen molar-refractivity contribution in [1.29, 1.82) is 0 Å². The van der Waals surface area contributed by atoms with E-state index in [4.69, 9.17) is 16.3 Å². The van der Waals surface area contributed by atoms with E-state index < -0.39 is 44.6 Å². The summed E-state index contributed by atoms with van der Waals surface area (Å²) < 4.78 is 71.6. The van der Waals surface area contributed by atoms with Gasteiger partial charge in [-0.15, -0.1) is 0 Å². The van der Waals surface area contributed by atoms with E-state index in [1.165, 1.54) is 18.2 Å². The Hall–Kier alpha value is -3.81. The molecule has 6 rings (SSSR count). The Morgan fingerprint density at radius 3 is 2.63 bits per heavy atom. The molecule has 0 radical (unpaired) electrons. The lowest BCUT2D eigenvalue weighted by atomic mass is 10.1. The maximum absolute atomic E-state index is 14.2. The number of carbonyl (C=O) groups excluding carboxylic acids is 1. The maximum atomic E-state index is 14.2. The Morgan fingerprint density at radius 2 is 1.88 bits per heavy atom. The standard InChI is InChI=1S/C27H20ClF3N4O5S/c28-18-5-14(6-23-16(18)11-40-12-24(29)41(23,38)39)26(37)33-10-15-7-21-13(9-32-15)1-2-19(34-21)20-3-4-22(36)25(35-20)17-8-27(17,30)31/h1-7,9,17,24,36H,8,10-12H2,(H,33,37)/t17?,24-/m1/s1. The number of aromatic hydroxyl groups is 1. The lowest BCUT2D eigenvalue weighted by Crippen LogP contribution is -2.24. The van der Waals surface area contributed by atoms with Crippen LogP contribution in [0.4, 0.5) is 13.2 Å². The van der Waals surface area contributed by atoms with Crippen LogP contribution in [0.1, 0.15) is 39.6 Å². The fraction of sp³-hybridized carbons (Fsp3) is 0.259. The third-order valence-electron chi connectivity index (χ3n) is 6.94. The summed E-state index contributed by atoms with van der Waals surface area (Å²) >= 11 is 6.22. The van der Waals surface area contributed by atoms with E-state index in [1.807, 2.05) is 0 Å². The zero-order valence-electron chi connectivity index (χ0n) is 20.9. The van der Waals surface area contributed by atoms with Gasteiger partial charge in [-0.2, -0.15) is 0 Å². The van der Waals surface area contributed by atoms with Crippen LogP contribution in [0.2, 0.25) is 5.02 Å². The van der Waals surface area contributed by atoms with Crippen molar-refractivity contribution in [3.8, 4) is 17.1 Å². The quantitative estimate of drug-likeness (QED) is 0.335. The number of benzene rings is 1. The van der Waals surface area contributed by atoms with Gasteiger partial charge in [0.1, 0.15) is 5.75 Å². The summed E-state index contributed by atoms with van der Waals surface area (Å²) in [5.74, 6) is -4.99. The SMILES string of the molecule is O=C(NCc1cc2nc(-c3ccc(O)c(C4CC4(F)F)n3)ccc2cn1)c1cc(Cl)c2c(c1)S(=O)(=O)[C@@H](F)COC2. The molecule has 0 saturated heterocycles. The van der Waals surface area contributed by atoms with Gasteiger partial charge in [0.05, 0.1) is 58.9 Å². The Kier molecular flexibility index (Phi) is 6.63. The third kappa shape index (κ3) is 5.09. The normalized spacial score (nSPS) is 20.7. The van der Waals surface area contributed by atoms with Crippen molar-refractivity contribution in [3.05, 3.63) is 76.2 Å². The van der Waals surface area contributed by atoms with Gasteiger partial charge in [0.25, 0.3) is 11.8 Å². The number of rotatable bonds is 5. The molecule has 2 atom stereocenters. The Morgan fingerprint density at radius 1 is 1.15 bits per heavy atom. The van der Waals surface area contributed by atoms with E-state index in [1.54, 1.807) is 24.4 Å². The molecular weight excluding hydrogens is 585 g/mol. The molecule has 3 aromatic heterocycles. The number of nitrogens with one attached hydrogen (secondary N) is 1. The van der Waals surface area contributed by atoms with Gasteiger partial charge < -0.3 is 15.2 Å². The molecule has 0 bridgehead atoms. The molecule has 212 valence electrons. The zero-order valence-corrected chi connectivity index (χ0v) is 22.5. The number of ether oxygens (including phenoxy) is 1. The molecule has 1 unspecified atom stereocenters. The highest BCUT2D eigenvalue weighted by Gasteiger charge is 2.59. The molecule has 0 spiro atoms. The Bertz CT molecular complexity index is 1840. The second-order valence-electron chi connectivity index (χ2n) is 9.77. The molecule has 1 aliphatic carbocycles. The molecule has 4 aromatic rings. The number of nitrogens with zero attached hydrogens (tertiary/aromatic N) is 3. The highest BCUT2D eigenvalue weighted by atomic mass is 35.5. The first-order valence-corrected chi connectivity index (χ1v) is 14.3. The van der Waals surface area contributed by atoms with E-state index in [0.29, 0.717) is 28.0 Å². The van der Waals surface area contributed by atoms with Crippen LogP contribution in [0.15, 0.2) is 53.6 Å². The van der Waals surface area contributed by atoms with Crippen LogP contribution < -0.4 is 5.32 Å². The van der Waals surface area contributed by atoms with Gasteiger partial charge in [-0.05, 0) is 42.5 Å². The van der Waals surface area contributed by atoms with Crippen LogP contribution in [0.3, 0.4) is 0 Å². The molecule has 1 amide bonds. The van der Waals surface area contributed by atoms with Crippen molar-refractivity contribution in [2.45, 2.75) is 41.8 Å². The first-order chi connectivity index (χ1) is 19.4. The lowest BCUT2D eigenvalue weighted by Gasteiger charge is -2.12. The topological polar surface area (TPSA) is 131 Å². The molecule has 1 saturated carbocycles. The minimum Gasteiger partial charge on any atom is -0.506 e. The minimum absolute atomic E-state index is 0.0395. The molecule has 1 fully saturated rings. The van der Waals surface area contributed by atoms with Gasteiger partial charge in [0, 0.05) is 34.2 Å². The van der Waals surface area contributed by atoms with E-state index in [2.05, 4.69) is 20.3 Å². The molecule has 4 heterocycles. The summed E-state index contributed by atoms with van der Waals surface area (Å²) in [5, 5.41) is 13.3. The highest BCUT2D eigenvalue weighted by Crippen LogP contribution is 2.57. The number of fused-ring (bicyclic) bond motifs is 2. The largest absolute Gasteiger partial charge is 0.506 e. The number of hydrogen-bond donors (Lipinski definition) is 2. The predicted molar refractivity (Wildman–Crippen MR) is 141 cm³/mol. The summed E-state index contributed by atoms with van der Waals surface area (Å²) in [6.07, 6.45) is 1.17. The van der Waals surface area contributed by atoms with Gasteiger partial charge in [0.2, 0.25) is 15.3 Å². The van der Waals surface area contributed by atoms with Gasteiger partial charge in [-0.25, -0.2) is 31.6 Å². The summed E-state index contributed by atoms with van der Waals surface area (Å²) in [6.45, 7) is -0.909. The third-order valence-corrected chi connectivity index (χ3v) is 9.06. The number of pyridine rings is 3. The lowest BCUT2D eigenvalue weighted by molar-refractivity contribution is 0.0947. The predicted octanol–water partition coefficient (Wildman–Crippen LogP) is 4.70. The molecule has 1 aromatic carbocycles. The number of aromatic nitrogens is 3. The average Bonchev–Trinajstić information content (AvgIpc) is 3.61. The van der Waals surface area contributed by atoms with Crippen molar-refractivity contribution in [2.24, 2.45) is 0 Å². The monoisotopic (exact) mass is 604 g/mol. The van der Waals surface area contributed by atoms with Gasteiger partial charge in [-0.1, -0.05) is 11.6 Å². The Labute approximate surface area is 236 Å². The van der Waals surface area contributed by atoms with Crippen LogP contribution in [0, 0.1) is 0 Å². The first-order valence-electron chi connectivity index (χ1n) is 12.3. The maximum Gasteiger partial charge on any atom is 0.257 e. The van der Waals surface area contributed by atoms with E-state index in [0.717, 1.165) is 6.07 Å². The van der Waals surface area contributed by atoms with E-state index >= 15 is 0 Å². The van der Waals surface area contributed by atoms with Crippen LogP contribution in [0.5, 0.6) is 5.75 Å². The molecular formula is C27H20ClF3N4O5S. The van der Waals surface area contributed by atoms with Crippen LogP contribution >= 0.6 is 11.6 Å². The molecule has 1 aliphatic heterocycles. The van der Waals surface area contributed by atoms with Gasteiger partial charge in [-0.3, -0.25) is 9.78 Å². The molecule has 14 heteroatoms.